The van der Waals surface area contributed by atoms with Crippen LogP contribution in [0.4, 0.5) is 5.69 Å². The van der Waals surface area contributed by atoms with Crippen molar-refractivity contribution in [3.8, 4) is 0 Å². The Labute approximate surface area is 191 Å². The van der Waals surface area contributed by atoms with E-state index in [9.17, 15) is 9.59 Å². The predicted octanol–water partition coefficient (Wildman–Crippen LogP) is 4.18. The Morgan fingerprint density at radius 3 is 2.55 bits per heavy atom. The van der Waals surface area contributed by atoms with Crippen molar-refractivity contribution in [1.29, 1.82) is 0 Å². The molecule has 0 fully saturated rings. The van der Waals surface area contributed by atoms with Gasteiger partial charge in [0.25, 0.3) is 5.56 Å². The van der Waals surface area contributed by atoms with Gasteiger partial charge in [0.2, 0.25) is 5.91 Å². The Morgan fingerprint density at radius 1 is 1.19 bits per heavy atom. The number of nitrogens with zero attached hydrogens (tertiary/aromatic N) is 3. The van der Waals surface area contributed by atoms with E-state index in [0.29, 0.717) is 34.2 Å². The summed E-state index contributed by atoms with van der Waals surface area (Å²) in [5.41, 5.74) is 2.59. The maximum atomic E-state index is 13.0. The molecule has 164 valence electrons. The third-order valence-corrected chi connectivity index (χ3v) is 5.92. The van der Waals surface area contributed by atoms with Gasteiger partial charge in [0.1, 0.15) is 0 Å². The zero-order valence-electron chi connectivity index (χ0n) is 18.2. The zero-order valence-corrected chi connectivity index (χ0v) is 19.8. The van der Waals surface area contributed by atoms with Crippen LogP contribution in [-0.2, 0) is 17.9 Å². The topological polar surface area (TPSA) is 67.2 Å². The number of hydrogen-bond donors (Lipinski definition) is 1. The lowest BCUT2D eigenvalue weighted by atomic mass is 10.2. The monoisotopic (exact) mass is 458 g/mol. The SMILES string of the molecule is CC(C)Cn1c(SCC(=O)NCc2ccc(N(C)C)cc2)nc2ccc(Cl)cc2c1=O. The summed E-state index contributed by atoms with van der Waals surface area (Å²) in [7, 11) is 3.98. The van der Waals surface area contributed by atoms with E-state index in [0.717, 1.165) is 11.3 Å². The summed E-state index contributed by atoms with van der Waals surface area (Å²) < 4.78 is 1.64. The second-order valence-electron chi connectivity index (χ2n) is 7.99. The van der Waals surface area contributed by atoms with Crippen LogP contribution in [0.5, 0.6) is 0 Å². The minimum Gasteiger partial charge on any atom is -0.378 e. The molecule has 3 rings (SSSR count). The van der Waals surface area contributed by atoms with Crippen LogP contribution in [0.1, 0.15) is 19.4 Å². The maximum Gasteiger partial charge on any atom is 0.262 e. The third-order valence-electron chi connectivity index (χ3n) is 4.70. The van der Waals surface area contributed by atoms with E-state index in [2.05, 4.69) is 10.3 Å². The molecule has 2 aromatic carbocycles. The molecule has 1 aromatic heterocycles. The van der Waals surface area contributed by atoms with E-state index in [1.165, 1.54) is 11.8 Å². The number of aromatic nitrogens is 2. The molecule has 0 saturated heterocycles. The number of benzene rings is 2. The number of nitrogens with one attached hydrogen (secondary N) is 1. The first kappa shape index (κ1) is 23.2. The highest BCUT2D eigenvalue weighted by atomic mass is 35.5. The number of carbonyl (C=O) groups is 1. The van der Waals surface area contributed by atoms with E-state index in [1.54, 1.807) is 22.8 Å². The lowest BCUT2D eigenvalue weighted by Crippen LogP contribution is -2.27. The van der Waals surface area contributed by atoms with Gasteiger partial charge in [-0.3, -0.25) is 14.2 Å². The highest BCUT2D eigenvalue weighted by Gasteiger charge is 2.15. The normalized spacial score (nSPS) is 11.2. The molecule has 31 heavy (non-hydrogen) atoms. The predicted molar refractivity (Wildman–Crippen MR) is 129 cm³/mol. The number of rotatable bonds is 8. The number of thioether (sulfide) groups is 1. The molecule has 0 saturated carbocycles. The second kappa shape index (κ2) is 10.2. The van der Waals surface area contributed by atoms with Gasteiger partial charge in [-0.1, -0.05) is 49.3 Å². The van der Waals surface area contributed by atoms with E-state index in [1.807, 2.05) is 57.1 Å². The molecule has 1 amide bonds. The lowest BCUT2D eigenvalue weighted by Gasteiger charge is -2.15. The molecule has 0 radical (unpaired) electrons. The first-order valence-corrected chi connectivity index (χ1v) is 11.5. The van der Waals surface area contributed by atoms with Gasteiger partial charge >= 0.3 is 0 Å². The zero-order chi connectivity index (χ0) is 22.5. The van der Waals surface area contributed by atoms with Crippen molar-refractivity contribution in [3.05, 3.63) is 63.4 Å². The standard InChI is InChI=1S/C23H27ClN4O2S/c1-15(2)13-28-22(30)19-11-17(24)7-10-20(19)26-23(28)31-14-21(29)25-12-16-5-8-18(9-6-16)27(3)4/h5-11,15H,12-14H2,1-4H3,(H,25,29). The van der Waals surface area contributed by atoms with Crippen molar-refractivity contribution < 1.29 is 4.79 Å². The Bertz CT molecular complexity index is 1130. The quantitative estimate of drug-likeness (QED) is 0.405. The van der Waals surface area contributed by atoms with Gasteiger partial charge in [0.05, 0.1) is 16.7 Å². The molecule has 8 heteroatoms. The van der Waals surface area contributed by atoms with Gasteiger partial charge in [-0.15, -0.1) is 0 Å². The first-order valence-electron chi connectivity index (χ1n) is 10.1. The number of halogens is 1. The van der Waals surface area contributed by atoms with Crippen LogP contribution in [0.15, 0.2) is 52.4 Å². The molecular weight excluding hydrogens is 432 g/mol. The van der Waals surface area contributed by atoms with E-state index in [-0.39, 0.29) is 23.1 Å². The van der Waals surface area contributed by atoms with E-state index >= 15 is 0 Å². The van der Waals surface area contributed by atoms with E-state index in [4.69, 9.17) is 11.6 Å². The van der Waals surface area contributed by atoms with Crippen molar-refractivity contribution >= 4 is 45.9 Å². The number of carbonyl (C=O) groups excluding carboxylic acids is 1. The van der Waals surface area contributed by atoms with Crippen molar-refractivity contribution in [1.82, 2.24) is 14.9 Å². The summed E-state index contributed by atoms with van der Waals surface area (Å²) in [6.45, 7) is 5.06. The number of amides is 1. The van der Waals surface area contributed by atoms with Crippen LogP contribution in [-0.4, -0.2) is 35.3 Å². The number of hydrogen-bond acceptors (Lipinski definition) is 5. The smallest absolute Gasteiger partial charge is 0.262 e. The van der Waals surface area contributed by atoms with Crippen molar-refractivity contribution in [3.63, 3.8) is 0 Å². The van der Waals surface area contributed by atoms with Crippen LogP contribution in [0.25, 0.3) is 10.9 Å². The summed E-state index contributed by atoms with van der Waals surface area (Å²) in [5.74, 6) is 0.331. The fourth-order valence-electron chi connectivity index (χ4n) is 3.10. The fraction of sp³-hybridized carbons (Fsp3) is 0.348. The molecule has 0 unspecified atom stereocenters. The first-order chi connectivity index (χ1) is 14.7. The maximum absolute atomic E-state index is 13.0. The van der Waals surface area contributed by atoms with Crippen LogP contribution in [0, 0.1) is 5.92 Å². The minimum absolute atomic E-state index is 0.108. The van der Waals surface area contributed by atoms with Crippen LogP contribution < -0.4 is 15.8 Å². The molecule has 0 aliphatic heterocycles. The van der Waals surface area contributed by atoms with Gasteiger partial charge in [-0.25, -0.2) is 4.98 Å². The molecule has 6 nitrogen and oxygen atoms in total. The van der Waals surface area contributed by atoms with Crippen LogP contribution in [0.2, 0.25) is 5.02 Å². The molecule has 1 N–H and O–H groups in total. The molecule has 0 aliphatic carbocycles. The van der Waals surface area contributed by atoms with Gasteiger partial charge in [0.15, 0.2) is 5.16 Å². The van der Waals surface area contributed by atoms with Gasteiger partial charge in [0, 0.05) is 37.9 Å². The Balaban J connectivity index is 1.71. The van der Waals surface area contributed by atoms with Crippen molar-refractivity contribution in [2.75, 3.05) is 24.7 Å². The van der Waals surface area contributed by atoms with E-state index < -0.39 is 0 Å². The average Bonchev–Trinajstić information content (AvgIpc) is 2.73. The highest BCUT2D eigenvalue weighted by Crippen LogP contribution is 2.21. The molecule has 0 aliphatic rings. The Kier molecular flexibility index (Phi) is 7.62. The van der Waals surface area contributed by atoms with Crippen molar-refractivity contribution in [2.45, 2.75) is 32.1 Å². The van der Waals surface area contributed by atoms with Gasteiger partial charge < -0.3 is 10.2 Å². The van der Waals surface area contributed by atoms with Crippen LogP contribution >= 0.6 is 23.4 Å². The van der Waals surface area contributed by atoms with Gasteiger partial charge in [-0.05, 0) is 41.8 Å². The minimum atomic E-state index is -0.134. The Hall–Kier alpha value is -2.51. The molecule has 0 atom stereocenters. The van der Waals surface area contributed by atoms with Crippen LogP contribution in [0.3, 0.4) is 0 Å². The summed E-state index contributed by atoms with van der Waals surface area (Å²) >= 11 is 7.34. The second-order valence-corrected chi connectivity index (χ2v) is 9.37. The summed E-state index contributed by atoms with van der Waals surface area (Å²) in [6, 6.07) is 13.1. The molecule has 1 heterocycles. The lowest BCUT2D eigenvalue weighted by molar-refractivity contribution is -0.118. The number of anilines is 1. The molecule has 0 spiro atoms. The van der Waals surface area contributed by atoms with Gasteiger partial charge in [-0.2, -0.15) is 0 Å². The molecule has 3 aromatic rings. The largest absolute Gasteiger partial charge is 0.378 e. The molecule has 0 bridgehead atoms. The fourth-order valence-corrected chi connectivity index (χ4v) is 4.11. The van der Waals surface area contributed by atoms with Crippen molar-refractivity contribution in [2.24, 2.45) is 5.92 Å². The Morgan fingerprint density at radius 2 is 1.90 bits per heavy atom. The number of fused-ring (bicyclic) bond motifs is 1. The summed E-state index contributed by atoms with van der Waals surface area (Å²) in [5, 5.41) is 4.46. The molecular formula is C23H27ClN4O2S. The average molecular weight is 459 g/mol. The highest BCUT2D eigenvalue weighted by molar-refractivity contribution is 7.99. The summed E-state index contributed by atoms with van der Waals surface area (Å²) in [6.07, 6.45) is 0. The summed E-state index contributed by atoms with van der Waals surface area (Å²) in [4.78, 5) is 32.1. The third kappa shape index (κ3) is 6.02.